The van der Waals surface area contributed by atoms with E-state index >= 15 is 0 Å². The Labute approximate surface area is 179 Å². The minimum absolute atomic E-state index is 0. The topological polar surface area (TPSA) is 30.5 Å². The molecule has 0 aliphatic rings. The van der Waals surface area contributed by atoms with Crippen LogP contribution in [0.1, 0.15) is 25.0 Å². The third kappa shape index (κ3) is 6.82. The molecule has 1 N–H and O–H groups in total. The smallest absolute Gasteiger partial charge is 0.175 e. The van der Waals surface area contributed by atoms with Gasteiger partial charge in [0.1, 0.15) is 0 Å². The second kappa shape index (κ2) is 11.9. The van der Waals surface area contributed by atoms with Crippen LogP contribution < -0.4 is 14.8 Å². The SMILES string of the molecule is CCOc1cc(CNCCc2ccc(Cl)cc2Cl)cc(Br)c1OCC.Cl. The molecule has 0 amide bonds. The van der Waals surface area contributed by atoms with E-state index < -0.39 is 0 Å². The van der Waals surface area contributed by atoms with Crippen molar-refractivity contribution < 1.29 is 9.47 Å². The van der Waals surface area contributed by atoms with E-state index in [9.17, 15) is 0 Å². The first-order chi connectivity index (χ1) is 12.0. The fourth-order valence-electron chi connectivity index (χ4n) is 2.45. The van der Waals surface area contributed by atoms with Gasteiger partial charge in [-0.15, -0.1) is 12.4 Å². The molecule has 3 nitrogen and oxygen atoms in total. The number of nitrogens with one attached hydrogen (secondary N) is 1. The summed E-state index contributed by atoms with van der Waals surface area (Å²) < 4.78 is 12.3. The molecule has 0 heterocycles. The summed E-state index contributed by atoms with van der Waals surface area (Å²) in [4.78, 5) is 0. The van der Waals surface area contributed by atoms with Gasteiger partial charge in [-0.25, -0.2) is 0 Å². The van der Waals surface area contributed by atoms with Crippen LogP contribution in [0.5, 0.6) is 11.5 Å². The summed E-state index contributed by atoms with van der Waals surface area (Å²) in [6.45, 7) is 6.66. The van der Waals surface area contributed by atoms with Crippen molar-refractivity contribution in [2.24, 2.45) is 0 Å². The maximum Gasteiger partial charge on any atom is 0.175 e. The lowest BCUT2D eigenvalue weighted by molar-refractivity contribution is 0.286. The van der Waals surface area contributed by atoms with Crippen molar-refractivity contribution >= 4 is 51.5 Å². The second-order valence-electron chi connectivity index (χ2n) is 5.43. The zero-order valence-electron chi connectivity index (χ0n) is 14.8. The van der Waals surface area contributed by atoms with E-state index in [-0.39, 0.29) is 12.4 Å². The van der Waals surface area contributed by atoms with Gasteiger partial charge < -0.3 is 14.8 Å². The van der Waals surface area contributed by atoms with Crippen LogP contribution in [0.15, 0.2) is 34.8 Å². The van der Waals surface area contributed by atoms with E-state index in [4.69, 9.17) is 32.7 Å². The normalized spacial score (nSPS) is 10.3. The summed E-state index contributed by atoms with van der Waals surface area (Å²) in [5.74, 6) is 1.51. The summed E-state index contributed by atoms with van der Waals surface area (Å²) in [5, 5.41) is 4.79. The third-order valence-corrected chi connectivity index (χ3v) is 4.75. The molecule has 0 spiro atoms. The number of hydrogen-bond donors (Lipinski definition) is 1. The van der Waals surface area contributed by atoms with E-state index in [1.165, 1.54) is 0 Å². The van der Waals surface area contributed by atoms with Crippen LogP contribution in [-0.2, 0) is 13.0 Å². The second-order valence-corrected chi connectivity index (χ2v) is 7.13. The van der Waals surface area contributed by atoms with Crippen LogP contribution in [0.3, 0.4) is 0 Å². The highest BCUT2D eigenvalue weighted by atomic mass is 79.9. The molecule has 26 heavy (non-hydrogen) atoms. The molecule has 0 fully saturated rings. The van der Waals surface area contributed by atoms with Gasteiger partial charge in [0.2, 0.25) is 0 Å². The fourth-order valence-corrected chi connectivity index (χ4v) is 3.56. The zero-order chi connectivity index (χ0) is 18.2. The number of ether oxygens (including phenoxy) is 2. The standard InChI is InChI=1S/C19H22BrCl2NO2.ClH/c1-3-24-18-10-13(9-16(20)19(18)25-4-2)12-23-8-7-14-5-6-15(21)11-17(14)22;/h5-6,9-11,23H,3-4,7-8,12H2,1-2H3;1H. The van der Waals surface area contributed by atoms with Gasteiger partial charge in [0, 0.05) is 16.6 Å². The van der Waals surface area contributed by atoms with E-state index in [1.807, 2.05) is 32.0 Å². The molecule has 0 radical (unpaired) electrons. The molecule has 7 heteroatoms. The zero-order valence-corrected chi connectivity index (χ0v) is 18.7. The molecule has 0 aliphatic heterocycles. The summed E-state index contributed by atoms with van der Waals surface area (Å²) in [6.07, 6.45) is 0.840. The lowest BCUT2D eigenvalue weighted by atomic mass is 10.1. The highest BCUT2D eigenvalue weighted by Gasteiger charge is 2.11. The van der Waals surface area contributed by atoms with Crippen molar-refractivity contribution in [2.45, 2.75) is 26.8 Å². The largest absolute Gasteiger partial charge is 0.490 e. The molecule has 2 rings (SSSR count). The third-order valence-electron chi connectivity index (χ3n) is 3.57. The Balaban J connectivity index is 0.00000338. The fraction of sp³-hybridized carbons (Fsp3) is 0.368. The van der Waals surface area contributed by atoms with Gasteiger partial charge in [0.25, 0.3) is 0 Å². The summed E-state index contributed by atoms with van der Waals surface area (Å²) >= 11 is 15.7. The molecule has 0 aliphatic carbocycles. The average Bonchev–Trinajstić information content (AvgIpc) is 2.56. The summed E-state index contributed by atoms with van der Waals surface area (Å²) in [5.41, 5.74) is 2.21. The molecule has 2 aromatic rings. The van der Waals surface area contributed by atoms with Crippen LogP contribution in [-0.4, -0.2) is 19.8 Å². The Kier molecular flexibility index (Phi) is 10.7. The molecular formula is C19H23BrCl3NO2. The van der Waals surface area contributed by atoms with Gasteiger partial charge in [0.15, 0.2) is 11.5 Å². The van der Waals surface area contributed by atoms with Crippen LogP contribution >= 0.6 is 51.5 Å². The predicted molar refractivity (Wildman–Crippen MR) is 116 cm³/mol. The van der Waals surface area contributed by atoms with E-state index in [0.717, 1.165) is 46.6 Å². The average molecular weight is 484 g/mol. The van der Waals surface area contributed by atoms with Gasteiger partial charge in [-0.3, -0.25) is 0 Å². The van der Waals surface area contributed by atoms with Crippen molar-refractivity contribution in [3.8, 4) is 11.5 Å². The van der Waals surface area contributed by atoms with Crippen LogP contribution in [0, 0.1) is 0 Å². The number of rotatable bonds is 9. The minimum Gasteiger partial charge on any atom is -0.490 e. The van der Waals surface area contributed by atoms with Crippen molar-refractivity contribution in [1.82, 2.24) is 5.32 Å². The van der Waals surface area contributed by atoms with Crippen molar-refractivity contribution in [3.05, 3.63) is 56.0 Å². The molecule has 0 saturated heterocycles. The Morgan fingerprint density at radius 3 is 2.42 bits per heavy atom. The summed E-state index contributed by atoms with van der Waals surface area (Å²) in [6, 6.07) is 9.67. The highest BCUT2D eigenvalue weighted by molar-refractivity contribution is 9.10. The van der Waals surface area contributed by atoms with Gasteiger partial charge in [-0.1, -0.05) is 29.3 Å². The van der Waals surface area contributed by atoms with Gasteiger partial charge in [-0.05, 0) is 78.1 Å². The molecule has 2 aromatic carbocycles. The maximum atomic E-state index is 6.20. The van der Waals surface area contributed by atoms with Gasteiger partial charge in [0.05, 0.1) is 17.7 Å². The Bertz CT molecular complexity index is 713. The number of hydrogen-bond acceptors (Lipinski definition) is 3. The minimum atomic E-state index is 0. The van der Waals surface area contributed by atoms with Crippen LogP contribution in [0.4, 0.5) is 0 Å². The molecular weight excluding hydrogens is 460 g/mol. The first kappa shape index (κ1) is 23.4. The van der Waals surface area contributed by atoms with E-state index in [1.54, 1.807) is 6.07 Å². The maximum absolute atomic E-state index is 6.20. The van der Waals surface area contributed by atoms with Gasteiger partial charge in [-0.2, -0.15) is 0 Å². The van der Waals surface area contributed by atoms with E-state index in [0.29, 0.717) is 23.3 Å². The molecule has 0 bridgehead atoms. The Morgan fingerprint density at radius 1 is 1.04 bits per heavy atom. The van der Waals surface area contributed by atoms with Crippen LogP contribution in [0.2, 0.25) is 10.0 Å². The molecule has 0 unspecified atom stereocenters. The molecule has 0 aromatic heterocycles. The summed E-state index contributed by atoms with van der Waals surface area (Å²) in [7, 11) is 0. The first-order valence-corrected chi connectivity index (χ1v) is 9.82. The Hall–Kier alpha value is -0.650. The van der Waals surface area contributed by atoms with Crippen molar-refractivity contribution in [3.63, 3.8) is 0 Å². The predicted octanol–water partition coefficient (Wildman–Crippen LogP) is 6.31. The van der Waals surface area contributed by atoms with Crippen LogP contribution in [0.25, 0.3) is 0 Å². The monoisotopic (exact) mass is 481 g/mol. The Morgan fingerprint density at radius 2 is 1.77 bits per heavy atom. The molecule has 144 valence electrons. The quantitative estimate of drug-likeness (QED) is 0.424. The molecule has 0 saturated carbocycles. The number of benzene rings is 2. The van der Waals surface area contributed by atoms with E-state index in [2.05, 4.69) is 27.3 Å². The lowest BCUT2D eigenvalue weighted by Gasteiger charge is -2.15. The van der Waals surface area contributed by atoms with Crippen molar-refractivity contribution in [1.29, 1.82) is 0 Å². The highest BCUT2D eigenvalue weighted by Crippen LogP contribution is 2.37. The number of halogens is 4. The first-order valence-electron chi connectivity index (χ1n) is 8.27. The van der Waals surface area contributed by atoms with Gasteiger partial charge >= 0.3 is 0 Å². The van der Waals surface area contributed by atoms with Crippen molar-refractivity contribution in [2.75, 3.05) is 19.8 Å². The lowest BCUT2D eigenvalue weighted by Crippen LogP contribution is -2.17. The molecule has 0 atom stereocenters.